The van der Waals surface area contributed by atoms with Gasteiger partial charge < -0.3 is 5.32 Å². The fourth-order valence-electron chi connectivity index (χ4n) is 2.71. The number of piperidine rings is 1. The minimum Gasteiger partial charge on any atom is -0.317 e. The predicted molar refractivity (Wildman–Crippen MR) is 80.7 cm³/mol. The molecule has 1 saturated heterocycles. The third-order valence-corrected chi connectivity index (χ3v) is 5.49. The highest BCUT2D eigenvalue weighted by atomic mass is 32.2. The van der Waals surface area contributed by atoms with E-state index in [0.29, 0.717) is 0 Å². The Kier molecular flexibility index (Phi) is 5.63. The summed E-state index contributed by atoms with van der Waals surface area (Å²) in [4.78, 5) is 0.210. The van der Waals surface area contributed by atoms with Gasteiger partial charge in [-0.2, -0.15) is 13.2 Å². The van der Waals surface area contributed by atoms with E-state index in [-0.39, 0.29) is 17.0 Å². The first kappa shape index (κ1) is 17.4. The number of benzene rings is 1. The lowest BCUT2D eigenvalue weighted by Gasteiger charge is -2.36. The molecule has 0 bridgehead atoms. The molecule has 1 fully saturated rings. The van der Waals surface area contributed by atoms with Crippen molar-refractivity contribution in [2.24, 2.45) is 0 Å². The molecular weight excluding hydrogens is 313 g/mol. The SMILES string of the molecule is CC(C)N(C1CCNCC1)S(=O)c1cccc(C(F)(F)F)c1. The summed E-state index contributed by atoms with van der Waals surface area (Å²) >= 11 is 0. The largest absolute Gasteiger partial charge is 0.416 e. The molecule has 1 aliphatic heterocycles. The Balaban J connectivity index is 2.27. The Morgan fingerprint density at radius 3 is 2.45 bits per heavy atom. The van der Waals surface area contributed by atoms with Crippen molar-refractivity contribution >= 4 is 11.0 Å². The third kappa shape index (κ3) is 4.08. The van der Waals surface area contributed by atoms with Crippen molar-refractivity contribution in [2.75, 3.05) is 13.1 Å². The predicted octanol–water partition coefficient (Wildman–Crippen LogP) is 3.19. The van der Waals surface area contributed by atoms with Crippen LogP contribution in [0.2, 0.25) is 0 Å². The topological polar surface area (TPSA) is 32.3 Å². The van der Waals surface area contributed by atoms with Crippen LogP contribution < -0.4 is 5.32 Å². The van der Waals surface area contributed by atoms with Gasteiger partial charge in [0.05, 0.1) is 10.5 Å². The van der Waals surface area contributed by atoms with E-state index in [2.05, 4.69) is 5.32 Å². The Hall–Kier alpha value is -0.920. The van der Waals surface area contributed by atoms with Crippen LogP contribution in [0.15, 0.2) is 29.2 Å². The molecule has 1 aromatic rings. The lowest BCUT2D eigenvalue weighted by atomic mass is 10.1. The average molecular weight is 334 g/mol. The number of hydrogen-bond acceptors (Lipinski definition) is 2. The maximum Gasteiger partial charge on any atom is 0.416 e. The molecule has 0 saturated carbocycles. The molecule has 1 N–H and O–H groups in total. The number of hydrogen-bond donors (Lipinski definition) is 1. The van der Waals surface area contributed by atoms with Gasteiger partial charge in [-0.1, -0.05) is 6.07 Å². The Labute approximate surface area is 131 Å². The molecule has 1 aliphatic rings. The summed E-state index contributed by atoms with van der Waals surface area (Å²) in [5, 5.41) is 3.24. The second-order valence-corrected chi connectivity index (χ2v) is 7.10. The van der Waals surface area contributed by atoms with Gasteiger partial charge in [0.1, 0.15) is 11.0 Å². The van der Waals surface area contributed by atoms with Crippen molar-refractivity contribution in [2.45, 2.75) is 49.8 Å². The number of alkyl halides is 3. The molecule has 124 valence electrons. The van der Waals surface area contributed by atoms with E-state index in [9.17, 15) is 17.4 Å². The first-order valence-corrected chi connectivity index (χ1v) is 8.49. The van der Waals surface area contributed by atoms with Gasteiger partial charge in [-0.25, -0.2) is 8.51 Å². The number of nitrogens with zero attached hydrogens (tertiary/aromatic N) is 1. The standard InChI is InChI=1S/C15H21F3N2OS/c1-11(2)20(13-6-8-19-9-7-13)22(21)14-5-3-4-12(10-14)15(16,17)18/h3-5,10-11,13,19H,6-9H2,1-2H3. The molecule has 2 rings (SSSR count). The summed E-state index contributed by atoms with van der Waals surface area (Å²) in [6, 6.07) is 4.94. The zero-order valence-electron chi connectivity index (χ0n) is 12.7. The van der Waals surface area contributed by atoms with Crippen LogP contribution in [0.1, 0.15) is 32.3 Å². The molecule has 0 aliphatic carbocycles. The van der Waals surface area contributed by atoms with Gasteiger partial charge in [0, 0.05) is 12.1 Å². The zero-order valence-corrected chi connectivity index (χ0v) is 13.5. The van der Waals surface area contributed by atoms with Crippen molar-refractivity contribution in [3.63, 3.8) is 0 Å². The van der Waals surface area contributed by atoms with E-state index in [1.54, 1.807) is 0 Å². The van der Waals surface area contributed by atoms with Crippen molar-refractivity contribution in [3.05, 3.63) is 29.8 Å². The van der Waals surface area contributed by atoms with Crippen molar-refractivity contribution in [1.82, 2.24) is 9.62 Å². The van der Waals surface area contributed by atoms with E-state index < -0.39 is 22.7 Å². The maximum absolute atomic E-state index is 12.8. The fourth-order valence-corrected chi connectivity index (χ4v) is 4.24. The van der Waals surface area contributed by atoms with Gasteiger partial charge in [-0.05, 0) is 58.0 Å². The second-order valence-electron chi connectivity index (χ2n) is 5.71. The van der Waals surface area contributed by atoms with Gasteiger partial charge in [-0.3, -0.25) is 0 Å². The lowest BCUT2D eigenvalue weighted by molar-refractivity contribution is -0.137. The molecule has 1 unspecified atom stereocenters. The molecule has 3 nitrogen and oxygen atoms in total. The fraction of sp³-hybridized carbons (Fsp3) is 0.600. The van der Waals surface area contributed by atoms with Crippen LogP contribution in [0.4, 0.5) is 13.2 Å². The van der Waals surface area contributed by atoms with Crippen LogP contribution in [0.3, 0.4) is 0 Å². The lowest BCUT2D eigenvalue weighted by Crippen LogP contribution is -2.47. The molecule has 1 aromatic carbocycles. The van der Waals surface area contributed by atoms with Crippen LogP contribution in [-0.2, 0) is 17.2 Å². The van der Waals surface area contributed by atoms with Crippen molar-refractivity contribution < 1.29 is 17.4 Å². The number of halogens is 3. The van der Waals surface area contributed by atoms with Gasteiger partial charge >= 0.3 is 6.18 Å². The van der Waals surface area contributed by atoms with Crippen LogP contribution >= 0.6 is 0 Å². The Morgan fingerprint density at radius 1 is 1.27 bits per heavy atom. The minimum atomic E-state index is -4.42. The Morgan fingerprint density at radius 2 is 1.91 bits per heavy atom. The Bertz CT molecular complexity index is 528. The monoisotopic (exact) mass is 334 g/mol. The molecule has 0 aromatic heterocycles. The third-order valence-electron chi connectivity index (χ3n) is 3.73. The highest BCUT2D eigenvalue weighted by molar-refractivity contribution is 7.82. The maximum atomic E-state index is 12.8. The van der Waals surface area contributed by atoms with Crippen molar-refractivity contribution in [3.8, 4) is 0 Å². The quantitative estimate of drug-likeness (QED) is 0.917. The summed E-state index contributed by atoms with van der Waals surface area (Å²) in [6.45, 7) is 5.53. The molecule has 0 amide bonds. The molecule has 0 spiro atoms. The minimum absolute atomic E-state index is 0.00141. The molecule has 22 heavy (non-hydrogen) atoms. The van der Waals surface area contributed by atoms with Gasteiger partial charge in [0.15, 0.2) is 0 Å². The van der Waals surface area contributed by atoms with Gasteiger partial charge in [0.2, 0.25) is 0 Å². The smallest absolute Gasteiger partial charge is 0.317 e. The summed E-state index contributed by atoms with van der Waals surface area (Å²) < 4.78 is 53.1. The molecular formula is C15H21F3N2OS. The van der Waals surface area contributed by atoms with E-state index in [1.165, 1.54) is 12.1 Å². The summed E-state index contributed by atoms with van der Waals surface area (Å²) in [5.74, 6) is 0. The summed E-state index contributed by atoms with van der Waals surface area (Å²) in [5.41, 5.74) is -0.757. The van der Waals surface area contributed by atoms with Crippen LogP contribution in [-0.4, -0.2) is 33.7 Å². The second kappa shape index (κ2) is 7.10. The number of nitrogens with one attached hydrogen (secondary N) is 1. The molecule has 1 atom stereocenters. The van der Waals surface area contributed by atoms with Gasteiger partial charge in [0.25, 0.3) is 0 Å². The molecule has 7 heteroatoms. The van der Waals surface area contributed by atoms with Crippen LogP contribution in [0.5, 0.6) is 0 Å². The van der Waals surface area contributed by atoms with E-state index in [0.717, 1.165) is 38.1 Å². The highest BCUT2D eigenvalue weighted by Crippen LogP contribution is 2.31. The average Bonchev–Trinajstić information content (AvgIpc) is 2.47. The summed E-state index contributed by atoms with van der Waals surface area (Å²) in [6.07, 6.45) is -2.72. The number of rotatable bonds is 4. The normalized spacial score (nSPS) is 18.9. The zero-order chi connectivity index (χ0) is 16.3. The van der Waals surface area contributed by atoms with Crippen LogP contribution in [0, 0.1) is 0 Å². The van der Waals surface area contributed by atoms with Crippen LogP contribution in [0.25, 0.3) is 0 Å². The molecule has 0 radical (unpaired) electrons. The van der Waals surface area contributed by atoms with E-state index >= 15 is 0 Å². The van der Waals surface area contributed by atoms with Crippen molar-refractivity contribution in [1.29, 1.82) is 0 Å². The highest BCUT2D eigenvalue weighted by Gasteiger charge is 2.33. The first-order chi connectivity index (χ1) is 10.3. The van der Waals surface area contributed by atoms with E-state index in [4.69, 9.17) is 0 Å². The first-order valence-electron chi connectivity index (χ1n) is 7.39. The van der Waals surface area contributed by atoms with E-state index in [1.807, 2.05) is 18.2 Å². The molecule has 1 heterocycles. The summed E-state index contributed by atoms with van der Waals surface area (Å²) in [7, 11) is -1.59. The van der Waals surface area contributed by atoms with Gasteiger partial charge in [-0.15, -0.1) is 0 Å².